The summed E-state index contributed by atoms with van der Waals surface area (Å²) in [6.45, 7) is 0.320. The number of benzene rings is 1. The average Bonchev–Trinajstić information content (AvgIpc) is 3.41. The molecule has 5 rings (SSSR count). The molecule has 30 heavy (non-hydrogen) atoms. The van der Waals surface area contributed by atoms with Crippen LogP contribution in [0, 0.1) is 0 Å². The molecule has 0 spiro atoms. The molecule has 1 aromatic carbocycles. The lowest BCUT2D eigenvalue weighted by Gasteiger charge is -2.26. The molecule has 7 nitrogen and oxygen atoms in total. The van der Waals surface area contributed by atoms with E-state index in [9.17, 15) is 5.11 Å². The summed E-state index contributed by atoms with van der Waals surface area (Å²) in [5, 5.41) is 11.9. The Bertz CT molecular complexity index is 1220. The Morgan fingerprint density at radius 3 is 2.97 bits per heavy atom. The first-order chi connectivity index (χ1) is 14.7. The van der Waals surface area contributed by atoms with Crippen LogP contribution >= 0.6 is 0 Å². The SMILES string of the molecule is COC1CC(C(O)c2c[nH]c3ncccc23)=CC=C1OCc1nc2ccccc2[nH]1. The molecule has 0 bridgehead atoms. The molecule has 0 aliphatic heterocycles. The fraction of sp³-hybridized carbons (Fsp3) is 0.217. The summed E-state index contributed by atoms with van der Waals surface area (Å²) >= 11 is 0. The van der Waals surface area contributed by atoms with Gasteiger partial charge in [0.2, 0.25) is 0 Å². The number of allylic oxidation sites excluding steroid dienone is 2. The fourth-order valence-electron chi connectivity index (χ4n) is 3.85. The van der Waals surface area contributed by atoms with Gasteiger partial charge < -0.3 is 24.5 Å². The minimum absolute atomic E-state index is 0.271. The van der Waals surface area contributed by atoms with E-state index in [1.165, 1.54) is 0 Å². The van der Waals surface area contributed by atoms with E-state index in [2.05, 4.69) is 19.9 Å². The van der Waals surface area contributed by atoms with Crippen molar-refractivity contribution >= 4 is 22.1 Å². The number of pyridine rings is 1. The van der Waals surface area contributed by atoms with Crippen molar-refractivity contribution in [2.45, 2.75) is 25.2 Å². The summed E-state index contributed by atoms with van der Waals surface area (Å²) in [4.78, 5) is 15.2. The van der Waals surface area contributed by atoms with Gasteiger partial charge in [-0.25, -0.2) is 9.97 Å². The zero-order chi connectivity index (χ0) is 20.5. The van der Waals surface area contributed by atoms with Gasteiger partial charge in [-0.1, -0.05) is 18.2 Å². The van der Waals surface area contributed by atoms with E-state index in [1.54, 1.807) is 13.3 Å². The van der Waals surface area contributed by atoms with Crippen molar-refractivity contribution in [3.8, 4) is 0 Å². The summed E-state index contributed by atoms with van der Waals surface area (Å²) in [5.41, 5.74) is 4.32. The predicted molar refractivity (Wildman–Crippen MR) is 114 cm³/mol. The molecule has 3 heterocycles. The third-order valence-corrected chi connectivity index (χ3v) is 5.43. The molecule has 7 heteroatoms. The second-order valence-corrected chi connectivity index (χ2v) is 7.27. The van der Waals surface area contributed by atoms with Crippen LogP contribution in [0.2, 0.25) is 0 Å². The van der Waals surface area contributed by atoms with Gasteiger partial charge in [0.15, 0.2) is 0 Å². The quantitative estimate of drug-likeness (QED) is 0.454. The Morgan fingerprint density at radius 2 is 2.10 bits per heavy atom. The number of methoxy groups -OCH3 is 1. The third kappa shape index (κ3) is 3.38. The third-order valence-electron chi connectivity index (χ3n) is 5.43. The highest BCUT2D eigenvalue weighted by Gasteiger charge is 2.26. The summed E-state index contributed by atoms with van der Waals surface area (Å²) < 4.78 is 11.6. The number of fused-ring (bicyclic) bond motifs is 2. The Labute approximate surface area is 173 Å². The molecule has 0 saturated carbocycles. The first-order valence-electron chi connectivity index (χ1n) is 9.83. The van der Waals surface area contributed by atoms with Crippen LogP contribution in [0.15, 0.2) is 72.3 Å². The van der Waals surface area contributed by atoms with Gasteiger partial charge in [-0.2, -0.15) is 0 Å². The average molecular weight is 402 g/mol. The van der Waals surface area contributed by atoms with Crippen LogP contribution in [0.5, 0.6) is 0 Å². The van der Waals surface area contributed by atoms with Crippen molar-refractivity contribution in [2.24, 2.45) is 0 Å². The van der Waals surface area contributed by atoms with Crippen molar-refractivity contribution < 1.29 is 14.6 Å². The number of H-pyrrole nitrogens is 2. The highest BCUT2D eigenvalue weighted by Crippen LogP contribution is 2.34. The number of nitrogens with zero attached hydrogens (tertiary/aromatic N) is 2. The molecule has 3 N–H and O–H groups in total. The number of aliphatic hydroxyl groups is 1. The Hall–Kier alpha value is -3.42. The molecular formula is C23H22N4O3. The van der Waals surface area contributed by atoms with E-state index in [-0.39, 0.29) is 6.10 Å². The highest BCUT2D eigenvalue weighted by molar-refractivity contribution is 5.80. The van der Waals surface area contributed by atoms with Crippen LogP contribution in [0.25, 0.3) is 22.1 Å². The highest BCUT2D eigenvalue weighted by atomic mass is 16.5. The Morgan fingerprint density at radius 1 is 1.20 bits per heavy atom. The summed E-state index contributed by atoms with van der Waals surface area (Å²) in [6, 6.07) is 11.7. The molecule has 0 fully saturated rings. The number of imidazole rings is 1. The van der Waals surface area contributed by atoms with E-state index < -0.39 is 6.10 Å². The van der Waals surface area contributed by atoms with Gasteiger partial charge in [-0.3, -0.25) is 0 Å². The predicted octanol–water partition coefficient (Wildman–Crippen LogP) is 3.92. The summed E-state index contributed by atoms with van der Waals surface area (Å²) in [5.74, 6) is 1.47. The topological polar surface area (TPSA) is 96.1 Å². The molecule has 0 saturated heterocycles. The molecular weight excluding hydrogens is 380 g/mol. The van der Waals surface area contributed by atoms with Gasteiger partial charge in [-0.05, 0) is 35.9 Å². The zero-order valence-electron chi connectivity index (χ0n) is 16.5. The first kappa shape index (κ1) is 18.6. The zero-order valence-corrected chi connectivity index (χ0v) is 16.5. The van der Waals surface area contributed by atoms with Crippen LogP contribution in [-0.4, -0.2) is 38.3 Å². The summed E-state index contributed by atoms with van der Waals surface area (Å²) in [6.07, 6.45) is 6.83. The van der Waals surface area contributed by atoms with Crippen LogP contribution < -0.4 is 0 Å². The molecule has 1 aliphatic rings. The van der Waals surface area contributed by atoms with Crippen molar-refractivity contribution in [2.75, 3.05) is 7.11 Å². The lowest BCUT2D eigenvalue weighted by molar-refractivity contribution is 0.0503. The van der Waals surface area contributed by atoms with Crippen molar-refractivity contribution in [3.05, 3.63) is 83.7 Å². The van der Waals surface area contributed by atoms with Crippen molar-refractivity contribution in [1.82, 2.24) is 19.9 Å². The van der Waals surface area contributed by atoms with Gasteiger partial charge in [-0.15, -0.1) is 0 Å². The molecule has 2 unspecified atom stereocenters. The normalized spacial score (nSPS) is 17.7. The van der Waals surface area contributed by atoms with E-state index in [1.807, 2.05) is 54.7 Å². The van der Waals surface area contributed by atoms with Crippen LogP contribution in [0.3, 0.4) is 0 Å². The first-order valence-corrected chi connectivity index (χ1v) is 9.83. The van der Waals surface area contributed by atoms with Gasteiger partial charge >= 0.3 is 0 Å². The molecule has 2 atom stereocenters. The van der Waals surface area contributed by atoms with E-state index >= 15 is 0 Å². The molecule has 1 aliphatic carbocycles. The number of ether oxygens (including phenoxy) is 2. The second-order valence-electron chi connectivity index (χ2n) is 7.27. The number of aromatic amines is 2. The maximum Gasteiger partial charge on any atom is 0.145 e. The standard InChI is InChI=1S/C23H22N4O3/c1-29-20-11-14(22(28)16-12-25-23-15(16)5-4-10-24-23)8-9-19(20)30-13-21-26-17-6-2-3-7-18(17)27-21/h2-10,12,20,22,28H,11,13H2,1H3,(H,24,25)(H,26,27). The van der Waals surface area contributed by atoms with Crippen LogP contribution in [0.4, 0.5) is 0 Å². The molecule has 3 aromatic heterocycles. The van der Waals surface area contributed by atoms with Crippen LogP contribution in [0.1, 0.15) is 23.9 Å². The van der Waals surface area contributed by atoms with E-state index in [0.29, 0.717) is 13.0 Å². The fourth-order valence-corrected chi connectivity index (χ4v) is 3.85. The van der Waals surface area contributed by atoms with Gasteiger partial charge in [0.25, 0.3) is 0 Å². The largest absolute Gasteiger partial charge is 0.487 e. The summed E-state index contributed by atoms with van der Waals surface area (Å²) in [7, 11) is 1.65. The Kier molecular flexibility index (Phi) is 4.82. The molecule has 0 amide bonds. The lowest BCUT2D eigenvalue weighted by Crippen LogP contribution is -2.21. The maximum atomic E-state index is 11.0. The Balaban J connectivity index is 1.35. The van der Waals surface area contributed by atoms with Gasteiger partial charge in [0.05, 0.1) is 11.0 Å². The van der Waals surface area contributed by atoms with Crippen LogP contribution in [-0.2, 0) is 16.1 Å². The van der Waals surface area contributed by atoms with Gasteiger partial charge in [0.1, 0.15) is 36.0 Å². The minimum Gasteiger partial charge on any atom is -0.487 e. The van der Waals surface area contributed by atoms with E-state index in [4.69, 9.17) is 9.47 Å². The smallest absolute Gasteiger partial charge is 0.145 e. The number of hydrogen-bond acceptors (Lipinski definition) is 5. The number of rotatable bonds is 6. The number of nitrogens with one attached hydrogen (secondary N) is 2. The molecule has 4 aromatic rings. The van der Waals surface area contributed by atoms with E-state index in [0.717, 1.165) is 44.8 Å². The lowest BCUT2D eigenvalue weighted by atomic mass is 9.92. The molecule has 0 radical (unpaired) electrons. The van der Waals surface area contributed by atoms with Crippen molar-refractivity contribution in [1.29, 1.82) is 0 Å². The van der Waals surface area contributed by atoms with Gasteiger partial charge in [0, 0.05) is 36.9 Å². The van der Waals surface area contributed by atoms with Crippen molar-refractivity contribution in [3.63, 3.8) is 0 Å². The number of aliphatic hydroxyl groups excluding tert-OH is 1. The maximum absolute atomic E-state index is 11.0. The monoisotopic (exact) mass is 402 g/mol. The number of hydrogen-bond donors (Lipinski definition) is 3. The number of aromatic nitrogens is 4. The second kappa shape index (κ2) is 7.78. The number of para-hydroxylation sites is 2. The molecule has 152 valence electrons. The minimum atomic E-state index is -0.742.